The number of nitrogens with zero attached hydrogens (tertiary/aromatic N) is 2. The molecule has 1 aromatic carbocycles. The number of pyridine rings is 1. The van der Waals surface area contributed by atoms with Crippen LogP contribution in [0.15, 0.2) is 30.5 Å². The largest absolute Gasteiger partial charge is 0.493 e. The minimum absolute atomic E-state index is 0.0542. The number of benzene rings is 1. The smallest absolute Gasteiger partial charge is 0.417 e. The maximum absolute atomic E-state index is 14.4. The number of halogens is 5. The molecule has 0 bridgehead atoms. The summed E-state index contributed by atoms with van der Waals surface area (Å²) in [7, 11) is -1.82. The molecule has 3 rings (SSSR count). The highest BCUT2D eigenvalue weighted by Crippen LogP contribution is 2.55. The second-order valence-corrected chi connectivity index (χ2v) is 10.9. The van der Waals surface area contributed by atoms with Gasteiger partial charge in [0.25, 0.3) is 11.8 Å². The zero-order valence-corrected chi connectivity index (χ0v) is 21.6. The number of carbonyl (C=O) groups excluding carboxylic acids is 2. The average Bonchev–Trinajstić information content (AvgIpc) is 3.11. The predicted molar refractivity (Wildman–Crippen MR) is 124 cm³/mol. The third-order valence-corrected chi connectivity index (χ3v) is 7.76. The first-order valence-electron chi connectivity index (χ1n) is 11.0. The van der Waals surface area contributed by atoms with Crippen LogP contribution in [0.1, 0.15) is 35.8 Å². The Bertz CT molecular complexity index is 1350. The van der Waals surface area contributed by atoms with Crippen LogP contribution in [0.5, 0.6) is 5.75 Å². The Morgan fingerprint density at radius 3 is 2.32 bits per heavy atom. The quantitative estimate of drug-likeness (QED) is 0.534. The van der Waals surface area contributed by atoms with E-state index in [1.165, 1.54) is 13.0 Å². The molecule has 9 nitrogen and oxygen atoms in total. The fourth-order valence-electron chi connectivity index (χ4n) is 4.16. The number of carbonyl (C=O) groups is 2. The highest BCUT2D eigenvalue weighted by molar-refractivity contribution is 7.88. The van der Waals surface area contributed by atoms with Crippen molar-refractivity contribution in [3.63, 3.8) is 0 Å². The summed E-state index contributed by atoms with van der Waals surface area (Å²) in [5.41, 5.74) is -3.37. The van der Waals surface area contributed by atoms with Gasteiger partial charge in [-0.2, -0.15) is 17.6 Å². The van der Waals surface area contributed by atoms with Gasteiger partial charge in [-0.05, 0) is 25.1 Å². The monoisotopic (exact) mass is 565 g/mol. The van der Waals surface area contributed by atoms with Crippen LogP contribution in [0, 0.1) is 17.6 Å². The highest BCUT2D eigenvalue weighted by Gasteiger charge is 2.65. The van der Waals surface area contributed by atoms with Crippen LogP contribution >= 0.6 is 0 Å². The van der Waals surface area contributed by atoms with E-state index in [-0.39, 0.29) is 16.9 Å². The molecule has 2 heterocycles. The standard InChI is InChI=1S/C23H24F5N3O6S/c1-11-16(13-7-8-14(24)17(25)18(13)36-4)19(37-22(11,2)23(26,27)28)20(32)30-12-6-9-15(29-10-12)21(33)31(3)38(5,34)35/h6-11,16,19H,1-5H3,(H,30,32)/t11-,16-,19+,22+/m0/s1. The zero-order valence-electron chi connectivity index (χ0n) is 20.8. The van der Waals surface area contributed by atoms with Crippen LogP contribution in [-0.2, 0) is 19.6 Å². The van der Waals surface area contributed by atoms with E-state index >= 15 is 0 Å². The van der Waals surface area contributed by atoms with Crippen LogP contribution in [0.3, 0.4) is 0 Å². The maximum atomic E-state index is 14.4. The van der Waals surface area contributed by atoms with Crippen molar-refractivity contribution in [1.82, 2.24) is 9.29 Å². The molecule has 0 aliphatic carbocycles. The Balaban J connectivity index is 1.97. The fourth-order valence-corrected chi connectivity index (χ4v) is 4.55. The van der Waals surface area contributed by atoms with Gasteiger partial charge in [0.05, 0.1) is 25.2 Å². The van der Waals surface area contributed by atoms with Gasteiger partial charge in [-0.15, -0.1) is 0 Å². The Labute approximate surface area is 215 Å². The van der Waals surface area contributed by atoms with Crippen molar-refractivity contribution in [2.75, 3.05) is 25.7 Å². The molecule has 1 aliphatic heterocycles. The molecule has 0 unspecified atom stereocenters. The van der Waals surface area contributed by atoms with E-state index in [1.54, 1.807) is 0 Å². The summed E-state index contributed by atoms with van der Waals surface area (Å²) < 4.78 is 104. The van der Waals surface area contributed by atoms with Crippen molar-refractivity contribution in [3.8, 4) is 5.75 Å². The van der Waals surface area contributed by atoms with Crippen molar-refractivity contribution in [2.24, 2.45) is 5.92 Å². The molecule has 2 aromatic rings. The van der Waals surface area contributed by atoms with Gasteiger partial charge in [-0.1, -0.05) is 13.0 Å². The van der Waals surface area contributed by atoms with Crippen LogP contribution in [0.25, 0.3) is 0 Å². The van der Waals surface area contributed by atoms with Crippen LogP contribution in [0.4, 0.5) is 27.6 Å². The Hall–Kier alpha value is -3.33. The number of anilines is 1. The molecular weight excluding hydrogens is 541 g/mol. The molecular formula is C23H24F5N3O6S. The number of sulfonamides is 1. The number of nitrogens with one attached hydrogen (secondary N) is 1. The molecule has 0 spiro atoms. The average molecular weight is 566 g/mol. The summed E-state index contributed by atoms with van der Waals surface area (Å²) in [5.74, 6) is -8.25. The van der Waals surface area contributed by atoms with Crippen molar-refractivity contribution < 1.29 is 49.4 Å². The van der Waals surface area contributed by atoms with E-state index < -0.39 is 68.9 Å². The number of hydrogen-bond donors (Lipinski definition) is 1. The molecule has 0 radical (unpaired) electrons. The first-order valence-corrected chi connectivity index (χ1v) is 12.8. The summed E-state index contributed by atoms with van der Waals surface area (Å²) in [6.45, 7) is 1.93. The molecule has 1 saturated heterocycles. The molecule has 38 heavy (non-hydrogen) atoms. The third kappa shape index (κ3) is 5.16. The molecule has 1 fully saturated rings. The lowest BCUT2D eigenvalue weighted by atomic mass is 9.77. The normalized spacial score (nSPS) is 23.7. The van der Waals surface area contributed by atoms with E-state index in [9.17, 15) is 40.0 Å². The van der Waals surface area contributed by atoms with E-state index in [0.717, 1.165) is 45.7 Å². The second-order valence-electron chi connectivity index (χ2n) is 8.90. The lowest BCUT2D eigenvalue weighted by Crippen LogP contribution is -2.47. The SMILES string of the molecule is COc1c([C@H]2[C@H](C(=O)Nc3ccc(C(=O)N(C)S(C)(=O)=O)nc3)O[C@@](C)(C(F)(F)F)[C@H]2C)ccc(F)c1F. The van der Waals surface area contributed by atoms with Gasteiger partial charge in [0.1, 0.15) is 11.8 Å². The molecule has 1 aliphatic rings. The number of methoxy groups -OCH3 is 1. The lowest BCUT2D eigenvalue weighted by molar-refractivity contribution is -0.272. The summed E-state index contributed by atoms with van der Waals surface area (Å²) in [6.07, 6.45) is -4.95. The Kier molecular flexibility index (Phi) is 7.76. The summed E-state index contributed by atoms with van der Waals surface area (Å²) in [4.78, 5) is 29.2. The van der Waals surface area contributed by atoms with Crippen molar-refractivity contribution >= 4 is 27.5 Å². The minimum atomic E-state index is -4.93. The first kappa shape index (κ1) is 29.2. The molecule has 15 heteroatoms. The van der Waals surface area contributed by atoms with Crippen molar-refractivity contribution in [3.05, 3.63) is 53.4 Å². The third-order valence-electron chi connectivity index (χ3n) is 6.60. The summed E-state index contributed by atoms with van der Waals surface area (Å²) in [6, 6.07) is 4.03. The molecule has 1 aromatic heterocycles. The van der Waals surface area contributed by atoms with Crippen molar-refractivity contribution in [1.29, 1.82) is 0 Å². The van der Waals surface area contributed by atoms with Crippen molar-refractivity contribution in [2.45, 2.75) is 37.6 Å². The van der Waals surface area contributed by atoms with Gasteiger partial charge in [0.15, 0.2) is 17.2 Å². The zero-order chi connectivity index (χ0) is 28.8. The minimum Gasteiger partial charge on any atom is -0.493 e. The van der Waals surface area contributed by atoms with Gasteiger partial charge < -0.3 is 14.8 Å². The lowest BCUT2D eigenvalue weighted by Gasteiger charge is -2.32. The highest BCUT2D eigenvalue weighted by atomic mass is 32.2. The van der Waals surface area contributed by atoms with E-state index in [4.69, 9.17) is 9.47 Å². The molecule has 208 valence electrons. The number of alkyl halides is 3. The Morgan fingerprint density at radius 2 is 1.82 bits per heavy atom. The van der Waals surface area contributed by atoms with Crippen LogP contribution in [0.2, 0.25) is 0 Å². The molecule has 0 saturated carbocycles. The number of hydrogen-bond acceptors (Lipinski definition) is 7. The summed E-state index contributed by atoms with van der Waals surface area (Å²) in [5, 5.41) is 2.34. The van der Waals surface area contributed by atoms with Gasteiger partial charge in [0.2, 0.25) is 15.8 Å². The van der Waals surface area contributed by atoms with Gasteiger partial charge >= 0.3 is 6.18 Å². The number of ether oxygens (including phenoxy) is 2. The molecule has 1 N–H and O–H groups in total. The van der Waals surface area contributed by atoms with E-state index in [1.807, 2.05) is 0 Å². The van der Waals surface area contributed by atoms with E-state index in [0.29, 0.717) is 10.4 Å². The predicted octanol–water partition coefficient (Wildman–Crippen LogP) is 3.48. The van der Waals surface area contributed by atoms with Crippen LogP contribution < -0.4 is 10.1 Å². The fraction of sp³-hybridized carbons (Fsp3) is 0.435. The topological polar surface area (TPSA) is 115 Å². The second kappa shape index (κ2) is 10.1. The van der Waals surface area contributed by atoms with Crippen LogP contribution in [-0.4, -0.2) is 67.8 Å². The first-order chi connectivity index (χ1) is 17.4. The number of amides is 2. The van der Waals surface area contributed by atoms with Gasteiger partial charge in [-0.25, -0.2) is 22.1 Å². The van der Waals surface area contributed by atoms with Gasteiger partial charge in [0, 0.05) is 24.4 Å². The van der Waals surface area contributed by atoms with Gasteiger partial charge in [-0.3, -0.25) is 9.59 Å². The molecule has 4 atom stereocenters. The Morgan fingerprint density at radius 1 is 1.18 bits per heavy atom. The maximum Gasteiger partial charge on any atom is 0.417 e. The molecule has 2 amide bonds. The number of rotatable bonds is 6. The van der Waals surface area contributed by atoms with E-state index in [2.05, 4.69) is 10.3 Å². The number of aromatic nitrogens is 1. The summed E-state index contributed by atoms with van der Waals surface area (Å²) >= 11 is 0.